The predicted molar refractivity (Wildman–Crippen MR) is 49.3 cm³/mol. The van der Waals surface area contributed by atoms with Crippen LogP contribution >= 0.6 is 25.3 Å². The monoisotopic (exact) mass is 196 g/mol. The van der Waals surface area contributed by atoms with Crippen LogP contribution in [0, 0.1) is 0 Å². The van der Waals surface area contributed by atoms with Gasteiger partial charge in [0.2, 0.25) is 0 Å². The van der Waals surface area contributed by atoms with E-state index in [1.54, 1.807) is 0 Å². The van der Waals surface area contributed by atoms with E-state index < -0.39 is 17.5 Å². The summed E-state index contributed by atoms with van der Waals surface area (Å²) in [5.41, 5.74) is 0. The molecule has 0 aromatic rings. The Kier molecular flexibility index (Phi) is 5.16. The number of hydrogen-bond donors (Lipinski definition) is 4. The Morgan fingerprint density at radius 1 is 1.55 bits per heavy atom. The summed E-state index contributed by atoms with van der Waals surface area (Å²) in [5.74, 6) is -0.146. The summed E-state index contributed by atoms with van der Waals surface area (Å²) < 4.78 is 0. The Bertz CT molecular complexity index is 140. The molecule has 0 aliphatic carbocycles. The van der Waals surface area contributed by atoms with Crippen molar-refractivity contribution >= 4 is 31.0 Å². The second-order valence-corrected chi connectivity index (χ2v) is 3.22. The first-order valence-corrected chi connectivity index (χ1v) is 4.31. The number of thiol groups is 2. The fraction of sp³-hybridized carbons (Fsp3) is 0.833. The zero-order valence-electron chi connectivity index (χ0n) is 6.14. The van der Waals surface area contributed by atoms with Crippen LogP contribution in [0.15, 0.2) is 0 Å². The molecule has 3 atom stereocenters. The number of hydrogen-bond acceptors (Lipinski definition) is 5. The van der Waals surface area contributed by atoms with E-state index in [-0.39, 0.29) is 11.5 Å². The van der Waals surface area contributed by atoms with Crippen LogP contribution in [0.25, 0.3) is 0 Å². The van der Waals surface area contributed by atoms with Crippen molar-refractivity contribution in [1.82, 2.24) is 0 Å². The van der Waals surface area contributed by atoms with E-state index in [2.05, 4.69) is 25.3 Å². The van der Waals surface area contributed by atoms with E-state index in [0.29, 0.717) is 0 Å². The lowest BCUT2D eigenvalue weighted by Gasteiger charge is -2.19. The molecule has 0 radical (unpaired) electrons. The molecule has 5 heteroatoms. The molecule has 0 aromatic carbocycles. The van der Waals surface area contributed by atoms with Gasteiger partial charge in [-0.15, -0.1) is 0 Å². The van der Waals surface area contributed by atoms with Gasteiger partial charge < -0.3 is 10.2 Å². The highest BCUT2D eigenvalue weighted by Crippen LogP contribution is 2.08. The third kappa shape index (κ3) is 3.46. The Morgan fingerprint density at radius 3 is 2.27 bits per heavy atom. The molecule has 3 unspecified atom stereocenters. The quantitative estimate of drug-likeness (QED) is 0.460. The maximum Gasteiger partial charge on any atom is 0.145 e. The Hall–Kier alpha value is 0.290. The highest BCUT2D eigenvalue weighted by Gasteiger charge is 2.25. The molecule has 2 N–H and O–H groups in total. The van der Waals surface area contributed by atoms with Gasteiger partial charge in [-0.3, -0.25) is 4.79 Å². The number of aliphatic hydroxyl groups excluding tert-OH is 2. The molecule has 11 heavy (non-hydrogen) atoms. The van der Waals surface area contributed by atoms with E-state index in [4.69, 9.17) is 10.2 Å². The van der Waals surface area contributed by atoms with E-state index in [9.17, 15) is 4.79 Å². The van der Waals surface area contributed by atoms with Gasteiger partial charge in [0.25, 0.3) is 0 Å². The second-order valence-electron chi connectivity index (χ2n) is 2.30. The van der Waals surface area contributed by atoms with E-state index in [0.717, 1.165) is 0 Å². The molecule has 0 saturated heterocycles. The van der Waals surface area contributed by atoms with Gasteiger partial charge in [0.15, 0.2) is 0 Å². The van der Waals surface area contributed by atoms with Gasteiger partial charge in [-0.25, -0.2) is 0 Å². The minimum absolute atomic E-state index is 0.117. The van der Waals surface area contributed by atoms with Crippen molar-refractivity contribution in [2.45, 2.75) is 24.4 Å². The number of Topliss-reactive ketones (excluding diaryl/α,β-unsaturated/α-hetero) is 1. The van der Waals surface area contributed by atoms with Crippen LogP contribution in [0.3, 0.4) is 0 Å². The van der Waals surface area contributed by atoms with Crippen LogP contribution in [-0.4, -0.2) is 39.2 Å². The van der Waals surface area contributed by atoms with Crippen molar-refractivity contribution in [2.75, 3.05) is 5.75 Å². The molecular formula is C6H12O3S2. The average molecular weight is 196 g/mol. The smallest absolute Gasteiger partial charge is 0.145 e. The standard InChI is InChI=1S/C6H12O3S2/c1-3(7)6(11)5(9)4(8)2-10/h4-6,8-11H,2H2,1H3. The topological polar surface area (TPSA) is 57.5 Å². The maximum atomic E-state index is 10.6. The summed E-state index contributed by atoms with van der Waals surface area (Å²) >= 11 is 7.58. The molecule has 0 saturated carbocycles. The molecule has 66 valence electrons. The number of ketones is 1. The van der Waals surface area contributed by atoms with Gasteiger partial charge in [0.1, 0.15) is 5.78 Å². The zero-order valence-corrected chi connectivity index (χ0v) is 7.93. The summed E-state index contributed by atoms with van der Waals surface area (Å²) in [4.78, 5) is 10.6. The van der Waals surface area contributed by atoms with Crippen molar-refractivity contribution in [1.29, 1.82) is 0 Å². The van der Waals surface area contributed by atoms with Crippen molar-refractivity contribution in [3.05, 3.63) is 0 Å². The zero-order chi connectivity index (χ0) is 9.02. The fourth-order valence-corrected chi connectivity index (χ4v) is 0.974. The predicted octanol–water partition coefficient (Wildman–Crippen LogP) is -0.475. The summed E-state index contributed by atoms with van der Waals surface area (Å²) in [6, 6.07) is 0. The summed E-state index contributed by atoms with van der Waals surface area (Å²) in [7, 11) is 0. The molecule has 0 amide bonds. The SMILES string of the molecule is CC(=O)C(S)C(O)C(O)CS. The minimum atomic E-state index is -1.13. The lowest BCUT2D eigenvalue weighted by atomic mass is 10.1. The van der Waals surface area contributed by atoms with Crippen molar-refractivity contribution < 1.29 is 15.0 Å². The van der Waals surface area contributed by atoms with Crippen LogP contribution < -0.4 is 0 Å². The molecule has 0 aliphatic heterocycles. The molecule has 0 bridgehead atoms. The molecule has 0 heterocycles. The lowest BCUT2D eigenvalue weighted by molar-refractivity contribution is -0.119. The lowest BCUT2D eigenvalue weighted by Crippen LogP contribution is -2.39. The molecule has 0 rings (SSSR count). The Balaban J connectivity index is 4.00. The van der Waals surface area contributed by atoms with Crippen LogP contribution in [0.4, 0.5) is 0 Å². The first-order valence-electron chi connectivity index (χ1n) is 3.16. The molecule has 0 fully saturated rings. The van der Waals surface area contributed by atoms with Gasteiger partial charge >= 0.3 is 0 Å². The van der Waals surface area contributed by atoms with Crippen LogP contribution in [-0.2, 0) is 4.79 Å². The Morgan fingerprint density at radius 2 is 2.00 bits per heavy atom. The third-order valence-corrected chi connectivity index (χ3v) is 2.36. The normalized spacial score (nSPS) is 19.0. The highest BCUT2D eigenvalue weighted by atomic mass is 32.1. The van der Waals surface area contributed by atoms with Gasteiger partial charge in [-0.1, -0.05) is 0 Å². The van der Waals surface area contributed by atoms with Crippen molar-refractivity contribution in [2.24, 2.45) is 0 Å². The summed E-state index contributed by atoms with van der Waals surface area (Å²) in [6.45, 7) is 1.31. The number of carbonyl (C=O) groups excluding carboxylic acids is 1. The molecule has 3 nitrogen and oxygen atoms in total. The van der Waals surface area contributed by atoms with Gasteiger partial charge in [-0.2, -0.15) is 25.3 Å². The molecule has 0 aliphatic rings. The Labute approximate surface area is 76.6 Å². The fourth-order valence-electron chi connectivity index (χ4n) is 0.559. The summed E-state index contributed by atoms with van der Waals surface area (Å²) in [5, 5.41) is 17.4. The van der Waals surface area contributed by atoms with Crippen molar-refractivity contribution in [3.8, 4) is 0 Å². The molecular weight excluding hydrogens is 184 g/mol. The largest absolute Gasteiger partial charge is 0.390 e. The van der Waals surface area contributed by atoms with E-state index in [1.807, 2.05) is 0 Å². The first kappa shape index (κ1) is 11.3. The summed E-state index contributed by atoms with van der Waals surface area (Å²) in [6.07, 6.45) is -2.13. The second kappa shape index (κ2) is 5.03. The minimum Gasteiger partial charge on any atom is -0.390 e. The molecule has 0 aromatic heterocycles. The van der Waals surface area contributed by atoms with Gasteiger partial charge in [0.05, 0.1) is 17.5 Å². The first-order chi connectivity index (χ1) is 5.00. The maximum absolute atomic E-state index is 10.6. The number of rotatable bonds is 4. The average Bonchev–Trinajstić information content (AvgIpc) is 2.00. The third-order valence-electron chi connectivity index (χ3n) is 1.32. The number of aliphatic hydroxyl groups is 2. The molecule has 0 spiro atoms. The van der Waals surface area contributed by atoms with Crippen LogP contribution in [0.1, 0.15) is 6.92 Å². The van der Waals surface area contributed by atoms with Crippen LogP contribution in [0.5, 0.6) is 0 Å². The van der Waals surface area contributed by atoms with Gasteiger partial charge in [-0.05, 0) is 6.92 Å². The number of carbonyl (C=O) groups is 1. The van der Waals surface area contributed by atoms with E-state index >= 15 is 0 Å². The van der Waals surface area contributed by atoms with Crippen molar-refractivity contribution in [3.63, 3.8) is 0 Å². The highest BCUT2D eigenvalue weighted by molar-refractivity contribution is 7.82. The van der Waals surface area contributed by atoms with Gasteiger partial charge in [0, 0.05) is 5.75 Å². The van der Waals surface area contributed by atoms with E-state index in [1.165, 1.54) is 6.92 Å². The van der Waals surface area contributed by atoms with Crippen LogP contribution in [0.2, 0.25) is 0 Å².